The van der Waals surface area contributed by atoms with Crippen molar-refractivity contribution < 1.29 is 9.90 Å². The van der Waals surface area contributed by atoms with Crippen LogP contribution >= 0.6 is 11.6 Å². The minimum absolute atomic E-state index is 0.0462. The van der Waals surface area contributed by atoms with E-state index in [9.17, 15) is 9.90 Å². The maximum Gasteiger partial charge on any atom is 0.241 e. The molecule has 0 aliphatic heterocycles. The molecule has 2 N–H and O–H groups in total. The topological polar surface area (TPSA) is 52.6 Å². The van der Waals surface area contributed by atoms with Crippen molar-refractivity contribution in [1.29, 1.82) is 0 Å². The minimum atomic E-state index is -0.808. The molecule has 0 aromatic heterocycles. The maximum absolute atomic E-state index is 11.7. The van der Waals surface area contributed by atoms with Gasteiger partial charge >= 0.3 is 0 Å². The first kappa shape index (κ1) is 16.3. The molecule has 0 radical (unpaired) electrons. The van der Waals surface area contributed by atoms with Crippen LogP contribution in [0.25, 0.3) is 0 Å². The Morgan fingerprint density at radius 3 is 2.55 bits per heavy atom. The second kappa shape index (κ2) is 7.29. The number of aliphatic hydroxyl groups excluding tert-OH is 1. The largest absolute Gasteiger partial charge is 0.384 e. The molecule has 0 heterocycles. The highest BCUT2D eigenvalue weighted by Gasteiger charge is 2.16. The number of benzene rings is 2. The van der Waals surface area contributed by atoms with Crippen molar-refractivity contribution in [1.82, 2.24) is 4.90 Å². The molecule has 2 rings (SSSR count). The van der Waals surface area contributed by atoms with Crippen LogP contribution in [0, 0.1) is 0 Å². The summed E-state index contributed by atoms with van der Waals surface area (Å²) in [7, 11) is 3.40. The highest BCUT2D eigenvalue weighted by Crippen LogP contribution is 2.30. The van der Waals surface area contributed by atoms with Crippen LogP contribution in [0.2, 0.25) is 5.02 Å². The summed E-state index contributed by atoms with van der Waals surface area (Å²) in [6.07, 6.45) is -0.808. The van der Waals surface area contributed by atoms with Gasteiger partial charge in [-0.05, 0) is 23.8 Å². The van der Waals surface area contributed by atoms with Crippen LogP contribution < -0.4 is 5.32 Å². The molecule has 1 amide bonds. The standard InChI is InChI=1S/C17H19ClN2O2/c1-20(2)16(21)11-19-15-9-8-13(18)10-14(15)17(22)12-6-4-3-5-7-12/h3-10,17,19,22H,11H2,1-2H3. The fourth-order valence-electron chi connectivity index (χ4n) is 2.06. The Balaban J connectivity index is 2.26. The lowest BCUT2D eigenvalue weighted by Gasteiger charge is -2.18. The van der Waals surface area contributed by atoms with Crippen molar-refractivity contribution in [2.45, 2.75) is 6.10 Å². The maximum atomic E-state index is 11.7. The number of carbonyl (C=O) groups is 1. The molecule has 0 saturated carbocycles. The van der Waals surface area contributed by atoms with Gasteiger partial charge in [-0.15, -0.1) is 0 Å². The van der Waals surface area contributed by atoms with E-state index >= 15 is 0 Å². The summed E-state index contributed by atoms with van der Waals surface area (Å²) in [5.74, 6) is -0.0462. The summed E-state index contributed by atoms with van der Waals surface area (Å²) in [5, 5.41) is 14.2. The molecule has 116 valence electrons. The van der Waals surface area contributed by atoms with E-state index in [1.807, 2.05) is 30.3 Å². The fraction of sp³-hybridized carbons (Fsp3) is 0.235. The molecule has 0 spiro atoms. The smallest absolute Gasteiger partial charge is 0.241 e. The lowest BCUT2D eigenvalue weighted by molar-refractivity contribution is -0.126. The first-order chi connectivity index (χ1) is 10.5. The number of amides is 1. The van der Waals surface area contributed by atoms with Crippen LogP contribution in [-0.2, 0) is 4.79 Å². The second-order valence-corrected chi connectivity index (χ2v) is 5.62. The van der Waals surface area contributed by atoms with Gasteiger partial charge in [0.1, 0.15) is 6.10 Å². The predicted octanol–water partition coefficient (Wildman–Crippen LogP) is 2.92. The van der Waals surface area contributed by atoms with Crippen molar-refractivity contribution in [2.75, 3.05) is 26.0 Å². The number of aliphatic hydroxyl groups is 1. The first-order valence-corrected chi connectivity index (χ1v) is 7.33. The zero-order chi connectivity index (χ0) is 16.1. The second-order valence-electron chi connectivity index (χ2n) is 5.19. The summed E-state index contributed by atoms with van der Waals surface area (Å²) < 4.78 is 0. The molecule has 0 aliphatic carbocycles. The fourth-order valence-corrected chi connectivity index (χ4v) is 2.25. The third kappa shape index (κ3) is 4.00. The van der Waals surface area contributed by atoms with E-state index < -0.39 is 6.10 Å². The van der Waals surface area contributed by atoms with E-state index in [-0.39, 0.29) is 12.5 Å². The summed E-state index contributed by atoms with van der Waals surface area (Å²) in [6, 6.07) is 14.5. The van der Waals surface area contributed by atoms with Gasteiger partial charge in [0, 0.05) is 30.4 Å². The van der Waals surface area contributed by atoms with Gasteiger partial charge in [0.25, 0.3) is 0 Å². The molecule has 22 heavy (non-hydrogen) atoms. The average molecular weight is 319 g/mol. The van der Waals surface area contributed by atoms with Crippen LogP contribution in [0.1, 0.15) is 17.2 Å². The molecule has 0 fully saturated rings. The minimum Gasteiger partial charge on any atom is -0.384 e. The Morgan fingerprint density at radius 2 is 1.91 bits per heavy atom. The zero-order valence-electron chi connectivity index (χ0n) is 12.6. The Bertz CT molecular complexity index is 644. The lowest BCUT2D eigenvalue weighted by atomic mass is 10.00. The summed E-state index contributed by atoms with van der Waals surface area (Å²) in [5.41, 5.74) is 2.10. The van der Waals surface area contributed by atoms with Crippen LogP contribution in [0.4, 0.5) is 5.69 Å². The molecular weight excluding hydrogens is 300 g/mol. The number of nitrogens with zero attached hydrogens (tertiary/aromatic N) is 1. The van der Waals surface area contributed by atoms with Crippen molar-refractivity contribution >= 4 is 23.2 Å². The number of hydrogen-bond donors (Lipinski definition) is 2. The monoisotopic (exact) mass is 318 g/mol. The van der Waals surface area contributed by atoms with Crippen LogP contribution in [-0.4, -0.2) is 36.6 Å². The molecule has 1 unspecified atom stereocenters. The number of nitrogens with one attached hydrogen (secondary N) is 1. The molecule has 0 saturated heterocycles. The van der Waals surface area contributed by atoms with E-state index in [1.54, 1.807) is 32.3 Å². The highest BCUT2D eigenvalue weighted by molar-refractivity contribution is 6.30. The van der Waals surface area contributed by atoms with Crippen molar-refractivity contribution in [2.24, 2.45) is 0 Å². The van der Waals surface area contributed by atoms with Crippen LogP contribution in [0.15, 0.2) is 48.5 Å². The molecule has 2 aromatic rings. The van der Waals surface area contributed by atoms with E-state index in [0.29, 0.717) is 16.3 Å². The number of likely N-dealkylation sites (N-methyl/N-ethyl adjacent to an activating group) is 1. The van der Waals surface area contributed by atoms with Gasteiger partial charge in [0.05, 0.1) is 6.54 Å². The average Bonchev–Trinajstić information content (AvgIpc) is 2.53. The molecule has 0 aliphatic rings. The van der Waals surface area contributed by atoms with Gasteiger partial charge in [-0.3, -0.25) is 4.79 Å². The molecule has 2 aromatic carbocycles. The molecule has 4 nitrogen and oxygen atoms in total. The van der Waals surface area contributed by atoms with Gasteiger partial charge in [0.2, 0.25) is 5.91 Å². The lowest BCUT2D eigenvalue weighted by Crippen LogP contribution is -2.29. The summed E-state index contributed by atoms with van der Waals surface area (Å²) in [4.78, 5) is 13.2. The van der Waals surface area contributed by atoms with Gasteiger partial charge in [-0.2, -0.15) is 0 Å². The Labute approximate surface area is 135 Å². The highest BCUT2D eigenvalue weighted by atomic mass is 35.5. The first-order valence-electron chi connectivity index (χ1n) is 6.95. The SMILES string of the molecule is CN(C)C(=O)CNc1ccc(Cl)cc1C(O)c1ccccc1. The predicted molar refractivity (Wildman–Crippen MR) is 89.1 cm³/mol. The van der Waals surface area contributed by atoms with Gasteiger partial charge in [-0.25, -0.2) is 0 Å². The Kier molecular flexibility index (Phi) is 5.41. The van der Waals surface area contributed by atoms with Crippen molar-refractivity contribution in [3.8, 4) is 0 Å². The van der Waals surface area contributed by atoms with Crippen LogP contribution in [0.3, 0.4) is 0 Å². The Hall–Kier alpha value is -2.04. The molecule has 1 atom stereocenters. The molecule has 0 bridgehead atoms. The van der Waals surface area contributed by atoms with E-state index in [4.69, 9.17) is 11.6 Å². The summed E-state index contributed by atoms with van der Waals surface area (Å²) >= 11 is 6.05. The van der Waals surface area contributed by atoms with Crippen LogP contribution in [0.5, 0.6) is 0 Å². The summed E-state index contributed by atoms with van der Waals surface area (Å²) in [6.45, 7) is 0.156. The Morgan fingerprint density at radius 1 is 1.23 bits per heavy atom. The van der Waals surface area contributed by atoms with Gasteiger partial charge in [0.15, 0.2) is 0 Å². The third-order valence-corrected chi connectivity index (χ3v) is 3.59. The number of carbonyl (C=O) groups excluding carboxylic acids is 1. The number of rotatable bonds is 5. The van der Waals surface area contributed by atoms with E-state index in [1.165, 1.54) is 4.90 Å². The van der Waals surface area contributed by atoms with E-state index in [0.717, 1.165) is 5.56 Å². The number of anilines is 1. The van der Waals surface area contributed by atoms with E-state index in [2.05, 4.69) is 5.32 Å². The normalized spacial score (nSPS) is 11.8. The van der Waals surface area contributed by atoms with Crippen molar-refractivity contribution in [3.05, 3.63) is 64.7 Å². The quantitative estimate of drug-likeness (QED) is 0.891. The van der Waals surface area contributed by atoms with Crippen molar-refractivity contribution in [3.63, 3.8) is 0 Å². The molecular formula is C17H19ClN2O2. The number of hydrogen-bond acceptors (Lipinski definition) is 3. The third-order valence-electron chi connectivity index (χ3n) is 3.35. The van der Waals surface area contributed by atoms with Gasteiger partial charge in [-0.1, -0.05) is 41.9 Å². The van der Waals surface area contributed by atoms with Gasteiger partial charge < -0.3 is 15.3 Å². The molecule has 5 heteroatoms. The zero-order valence-corrected chi connectivity index (χ0v) is 13.3. The number of halogens is 1.